The van der Waals surface area contributed by atoms with Crippen LogP contribution in [0.3, 0.4) is 0 Å². The van der Waals surface area contributed by atoms with E-state index in [0.717, 1.165) is 12.0 Å². The van der Waals surface area contributed by atoms with Crippen LogP contribution in [0.4, 0.5) is 0 Å². The largest absolute Gasteiger partial charge is 0.432 e. The average Bonchev–Trinajstić information content (AvgIpc) is 3.50. The van der Waals surface area contributed by atoms with Crippen molar-refractivity contribution in [3.8, 4) is 0 Å². The van der Waals surface area contributed by atoms with Gasteiger partial charge in [-0.15, -0.1) is 0 Å². The van der Waals surface area contributed by atoms with Gasteiger partial charge in [0.05, 0.1) is 37.4 Å². The summed E-state index contributed by atoms with van der Waals surface area (Å²) in [4.78, 5) is 14.2. The minimum absolute atomic E-state index is 0.0695. The number of hydrogen-bond acceptors (Lipinski definition) is 23. The van der Waals surface area contributed by atoms with E-state index < -0.39 is 166 Å². The Kier molecular flexibility index (Phi) is 15.0. The molecule has 26 atom stereocenters. The van der Waals surface area contributed by atoms with Gasteiger partial charge in [-0.25, -0.2) is 0 Å². The Hall–Kier alpha value is -1.63. The Labute approximate surface area is 386 Å². The van der Waals surface area contributed by atoms with E-state index in [2.05, 4.69) is 13.5 Å². The molecule has 4 saturated carbocycles. The number of esters is 1. The lowest BCUT2D eigenvalue weighted by Crippen LogP contribution is -2.67. The summed E-state index contributed by atoms with van der Waals surface area (Å²) in [5, 5.41) is 148. The van der Waals surface area contributed by atoms with E-state index in [1.807, 2.05) is 6.92 Å². The first-order chi connectivity index (χ1) is 31.6. The van der Waals surface area contributed by atoms with Gasteiger partial charge in [-0.1, -0.05) is 19.9 Å². The molecule has 14 N–H and O–H groups in total. The summed E-state index contributed by atoms with van der Waals surface area (Å²) in [5.74, 6) is -0.713. The van der Waals surface area contributed by atoms with E-state index in [1.54, 1.807) is 0 Å². The molecule has 0 radical (unpaired) electrons. The molecule has 0 amide bonds. The molecular weight excluding hydrogens is 896 g/mol. The van der Waals surface area contributed by atoms with Crippen LogP contribution in [0.2, 0.25) is 0 Å². The summed E-state index contributed by atoms with van der Waals surface area (Å²) >= 11 is 0. The molecule has 4 aliphatic carbocycles. The highest BCUT2D eigenvalue weighted by molar-refractivity contribution is 5.77. The monoisotopic (exact) mass is 966 g/mol. The van der Waals surface area contributed by atoms with Crippen molar-refractivity contribution in [2.45, 2.75) is 200 Å². The van der Waals surface area contributed by atoms with Crippen molar-refractivity contribution >= 4 is 5.97 Å². The summed E-state index contributed by atoms with van der Waals surface area (Å²) in [6, 6.07) is 0. The summed E-state index contributed by atoms with van der Waals surface area (Å²) in [6.07, 6.45) is -28.7. The number of carbonyl (C=O) groups excluding carboxylic acids is 1. The standard InChI is InChI=1S/C44H70O23/c1-17-11-43-9-5-22-41(2,7-4-8-42(22,3)40(59)66-37-32(57)29(54)25(50)19(13-46)61-37)23(43)6-10-44(17,16-43)67-38-33(58)34(27(52)21(15-48)62-38)64-39-35(30(55)26(51)20(14-47)63-39)65-36-31(56)28(53)24(49)18(12-45)60-36/h18-39,45-58H,1,4-16H2,2-3H3/t18-,19+,20-,21-,22-,23+,24-,25+,26-,27-,28-,29-,30+,31+,32+,33+,34+,35+,36+,37-,38+,39+,41-,42-,43-,44+/m1/s1. The Morgan fingerprint density at radius 3 is 1.69 bits per heavy atom. The van der Waals surface area contributed by atoms with Gasteiger partial charge in [-0.05, 0) is 86.5 Å². The van der Waals surface area contributed by atoms with Crippen molar-refractivity contribution in [2.75, 3.05) is 26.4 Å². The molecule has 23 nitrogen and oxygen atoms in total. The fourth-order valence-electron chi connectivity index (χ4n) is 13.5. The first-order valence-electron chi connectivity index (χ1n) is 23.4. The van der Waals surface area contributed by atoms with Gasteiger partial charge in [0.25, 0.3) is 0 Å². The van der Waals surface area contributed by atoms with Gasteiger partial charge in [0.15, 0.2) is 18.9 Å². The van der Waals surface area contributed by atoms with Crippen LogP contribution in [-0.2, 0) is 42.7 Å². The lowest BCUT2D eigenvalue weighted by Gasteiger charge is -2.64. The lowest BCUT2D eigenvalue weighted by molar-refractivity contribution is -0.392. The average molecular weight is 967 g/mol. The van der Waals surface area contributed by atoms with Gasteiger partial charge in [0.2, 0.25) is 6.29 Å². The third-order valence-corrected chi connectivity index (χ3v) is 17.1. The van der Waals surface area contributed by atoms with Crippen LogP contribution in [0.15, 0.2) is 12.2 Å². The van der Waals surface area contributed by atoms with Crippen LogP contribution < -0.4 is 0 Å². The summed E-state index contributed by atoms with van der Waals surface area (Å²) in [7, 11) is 0. The zero-order valence-corrected chi connectivity index (χ0v) is 37.5. The number of carbonyl (C=O) groups is 1. The van der Waals surface area contributed by atoms with Gasteiger partial charge >= 0.3 is 5.97 Å². The smallest absolute Gasteiger partial charge is 0.314 e. The maximum Gasteiger partial charge on any atom is 0.314 e. The van der Waals surface area contributed by atoms with Crippen molar-refractivity contribution in [1.29, 1.82) is 0 Å². The van der Waals surface area contributed by atoms with Gasteiger partial charge in [-0.2, -0.15) is 0 Å². The number of fused-ring (bicyclic) bond motifs is 3. The summed E-state index contributed by atoms with van der Waals surface area (Å²) < 4.78 is 47.2. The third kappa shape index (κ3) is 8.63. The minimum Gasteiger partial charge on any atom is -0.432 e. The number of aliphatic hydroxyl groups is 14. The molecule has 0 aromatic heterocycles. The van der Waals surface area contributed by atoms with Crippen LogP contribution in [0.1, 0.15) is 71.6 Å². The molecule has 4 saturated heterocycles. The van der Waals surface area contributed by atoms with Crippen LogP contribution in [-0.4, -0.2) is 232 Å². The van der Waals surface area contributed by atoms with Crippen molar-refractivity contribution in [1.82, 2.24) is 0 Å². The summed E-state index contributed by atoms with van der Waals surface area (Å²) in [5.41, 5.74) is -2.08. The zero-order chi connectivity index (χ0) is 48.7. The molecule has 4 heterocycles. The Morgan fingerprint density at radius 2 is 1.07 bits per heavy atom. The van der Waals surface area contributed by atoms with Crippen molar-refractivity contribution in [2.24, 2.45) is 28.1 Å². The van der Waals surface area contributed by atoms with E-state index >= 15 is 0 Å². The van der Waals surface area contributed by atoms with Gasteiger partial charge in [-0.3, -0.25) is 4.79 Å². The molecule has 0 aromatic rings. The highest BCUT2D eigenvalue weighted by atomic mass is 16.8. The third-order valence-electron chi connectivity index (χ3n) is 17.1. The molecule has 4 aliphatic heterocycles. The maximum atomic E-state index is 14.2. The molecule has 2 bridgehead atoms. The van der Waals surface area contributed by atoms with Crippen LogP contribution in [0.5, 0.6) is 0 Å². The van der Waals surface area contributed by atoms with Crippen molar-refractivity contribution in [3.05, 3.63) is 12.2 Å². The van der Waals surface area contributed by atoms with E-state index in [-0.39, 0.29) is 22.7 Å². The van der Waals surface area contributed by atoms with Gasteiger partial charge < -0.3 is 109 Å². The van der Waals surface area contributed by atoms with Gasteiger partial charge in [0, 0.05) is 0 Å². The van der Waals surface area contributed by atoms with E-state index in [0.29, 0.717) is 51.4 Å². The molecule has 384 valence electrons. The van der Waals surface area contributed by atoms with Crippen LogP contribution in [0.25, 0.3) is 0 Å². The van der Waals surface area contributed by atoms with E-state index in [9.17, 15) is 76.3 Å². The molecule has 67 heavy (non-hydrogen) atoms. The fraction of sp³-hybridized carbons (Fsp3) is 0.932. The molecule has 0 unspecified atom stereocenters. The second kappa shape index (κ2) is 19.4. The minimum atomic E-state index is -1.95. The molecule has 8 rings (SSSR count). The number of aliphatic hydroxyl groups excluding tert-OH is 14. The number of hydrogen-bond donors (Lipinski definition) is 14. The van der Waals surface area contributed by atoms with E-state index in [4.69, 9.17) is 37.9 Å². The Bertz CT molecular complexity index is 1760. The molecule has 23 heteroatoms. The molecular formula is C44H70O23. The first-order valence-corrected chi connectivity index (χ1v) is 23.4. The molecule has 8 aliphatic rings. The second-order valence-corrected chi connectivity index (χ2v) is 20.8. The van der Waals surface area contributed by atoms with Gasteiger partial charge in [0.1, 0.15) is 97.7 Å². The molecule has 0 aromatic carbocycles. The van der Waals surface area contributed by atoms with Crippen molar-refractivity contribution in [3.63, 3.8) is 0 Å². The highest BCUT2D eigenvalue weighted by Gasteiger charge is 2.69. The highest BCUT2D eigenvalue weighted by Crippen LogP contribution is 2.73. The second-order valence-electron chi connectivity index (χ2n) is 20.8. The zero-order valence-electron chi connectivity index (χ0n) is 37.5. The predicted molar refractivity (Wildman–Crippen MR) is 219 cm³/mol. The molecule has 8 fully saturated rings. The quantitative estimate of drug-likeness (QED) is 0.0494. The van der Waals surface area contributed by atoms with Crippen LogP contribution in [0, 0.1) is 28.1 Å². The fourth-order valence-corrected chi connectivity index (χ4v) is 13.5. The lowest BCUT2D eigenvalue weighted by atomic mass is 9.41. The van der Waals surface area contributed by atoms with Crippen molar-refractivity contribution < 1.29 is 114 Å². The SMILES string of the molecule is C=C1C[C@@]23CC[C@@H]4[C@@](C)(CCC[C@@]4(C)C(=O)O[C@H]4O[C@@H](CO)[C@H](O)[C@@H](O)[C@@H]4O)[C@@H]2CC[C@]1(O[C@@H]1O[C@H](CO)[C@@H](O)[C@H](O[C@@H]2O[C@H](CO)[C@@H](O)[C@H](O)[C@@H]2O[C@@H]2O[C@H](CO)[C@@H](O)[C@@H](O)[C@@H]2O)[C@@H]1O)C3. The predicted octanol–water partition coefficient (Wildman–Crippen LogP) is -5.11. The van der Waals surface area contributed by atoms with Crippen LogP contribution >= 0.6 is 0 Å². The maximum absolute atomic E-state index is 14.2. The first kappa shape index (κ1) is 51.7. The molecule has 1 spiro atoms. The Balaban J connectivity index is 0.991. The topological polar surface area (TPSA) is 374 Å². The number of ether oxygens (including phenoxy) is 8. The summed E-state index contributed by atoms with van der Waals surface area (Å²) in [6.45, 7) is 5.41. The normalized spacial score (nSPS) is 54.5. The van der Waals surface area contributed by atoms with E-state index in [1.165, 1.54) is 0 Å². The number of rotatable bonds is 12. The Morgan fingerprint density at radius 1 is 0.567 bits per heavy atom.